The minimum absolute atomic E-state index is 0.0365. The molecule has 0 radical (unpaired) electrons. The van der Waals surface area contributed by atoms with E-state index in [-0.39, 0.29) is 17.9 Å². The molecular weight excluding hydrogens is 264 g/mol. The maximum Gasteiger partial charge on any atom is 0.222 e. The van der Waals surface area contributed by atoms with Crippen molar-refractivity contribution >= 4 is 16.8 Å². The summed E-state index contributed by atoms with van der Waals surface area (Å²) in [5.41, 5.74) is 3.68. The number of aryl methyl sites for hydroxylation is 1. The molecule has 1 aromatic heterocycles. The second-order valence-corrected chi connectivity index (χ2v) is 6.07. The Hall–Kier alpha value is -1.97. The Morgan fingerprint density at radius 2 is 2.24 bits per heavy atom. The van der Waals surface area contributed by atoms with E-state index in [2.05, 4.69) is 16.4 Å². The van der Waals surface area contributed by atoms with E-state index in [0.29, 0.717) is 0 Å². The van der Waals surface area contributed by atoms with Crippen LogP contribution in [0.5, 0.6) is 5.75 Å². The first-order chi connectivity index (χ1) is 10.1. The monoisotopic (exact) mass is 286 g/mol. The molecule has 1 atom stereocenters. The van der Waals surface area contributed by atoms with Crippen molar-refractivity contribution in [2.75, 3.05) is 7.11 Å². The highest BCUT2D eigenvalue weighted by atomic mass is 16.5. The number of hydrogen-bond donors (Lipinski definition) is 2. The van der Waals surface area contributed by atoms with Crippen molar-refractivity contribution in [2.24, 2.45) is 5.92 Å². The number of ether oxygens (including phenoxy) is 1. The molecule has 0 aliphatic heterocycles. The van der Waals surface area contributed by atoms with Gasteiger partial charge in [-0.1, -0.05) is 26.0 Å². The van der Waals surface area contributed by atoms with Gasteiger partial charge in [0, 0.05) is 23.0 Å². The Labute approximate surface area is 124 Å². The molecule has 1 aliphatic rings. The summed E-state index contributed by atoms with van der Waals surface area (Å²) in [5.74, 6) is 1.06. The molecule has 0 saturated carbocycles. The second kappa shape index (κ2) is 5.43. The molecule has 2 N–H and O–H groups in total. The molecule has 1 aliphatic carbocycles. The van der Waals surface area contributed by atoms with Crippen LogP contribution in [0.4, 0.5) is 0 Å². The SMILES string of the molecule is COc1cccc2c3c([nH]c12)CC[C@H](NC(=O)C(C)C)C3. The molecular formula is C17H22N2O2. The van der Waals surface area contributed by atoms with Crippen LogP contribution in [0.2, 0.25) is 0 Å². The molecule has 1 amide bonds. The van der Waals surface area contributed by atoms with E-state index in [0.717, 1.165) is 30.5 Å². The maximum absolute atomic E-state index is 11.9. The van der Waals surface area contributed by atoms with Crippen LogP contribution in [0.3, 0.4) is 0 Å². The summed E-state index contributed by atoms with van der Waals surface area (Å²) in [6.45, 7) is 3.86. The molecule has 21 heavy (non-hydrogen) atoms. The Bertz CT molecular complexity index is 673. The lowest BCUT2D eigenvalue weighted by Crippen LogP contribution is -2.40. The van der Waals surface area contributed by atoms with Crippen LogP contribution >= 0.6 is 0 Å². The average molecular weight is 286 g/mol. The summed E-state index contributed by atoms with van der Waals surface area (Å²) in [5, 5.41) is 4.37. The molecule has 4 heteroatoms. The van der Waals surface area contributed by atoms with Crippen molar-refractivity contribution in [1.82, 2.24) is 10.3 Å². The number of hydrogen-bond acceptors (Lipinski definition) is 2. The smallest absolute Gasteiger partial charge is 0.222 e. The molecule has 112 valence electrons. The van der Waals surface area contributed by atoms with Gasteiger partial charge in [0.05, 0.1) is 12.6 Å². The van der Waals surface area contributed by atoms with E-state index < -0.39 is 0 Å². The fraction of sp³-hybridized carbons (Fsp3) is 0.471. The third-order valence-electron chi connectivity index (χ3n) is 4.28. The number of aromatic amines is 1. The van der Waals surface area contributed by atoms with E-state index in [9.17, 15) is 4.79 Å². The number of fused-ring (bicyclic) bond motifs is 3. The molecule has 1 aromatic carbocycles. The van der Waals surface area contributed by atoms with Gasteiger partial charge in [-0.3, -0.25) is 4.79 Å². The van der Waals surface area contributed by atoms with Crippen LogP contribution < -0.4 is 10.1 Å². The average Bonchev–Trinajstić information content (AvgIpc) is 2.85. The van der Waals surface area contributed by atoms with Gasteiger partial charge in [0.15, 0.2) is 0 Å². The van der Waals surface area contributed by atoms with Crippen molar-refractivity contribution in [1.29, 1.82) is 0 Å². The van der Waals surface area contributed by atoms with Crippen molar-refractivity contribution < 1.29 is 9.53 Å². The molecule has 0 fully saturated rings. The first-order valence-corrected chi connectivity index (χ1v) is 7.57. The van der Waals surface area contributed by atoms with Crippen molar-refractivity contribution in [2.45, 2.75) is 39.2 Å². The normalized spacial score (nSPS) is 17.8. The molecule has 0 unspecified atom stereocenters. The number of carbonyl (C=O) groups is 1. The van der Waals surface area contributed by atoms with Gasteiger partial charge >= 0.3 is 0 Å². The summed E-state index contributed by atoms with van der Waals surface area (Å²) in [4.78, 5) is 15.4. The zero-order valence-corrected chi connectivity index (χ0v) is 12.8. The third kappa shape index (κ3) is 2.50. The van der Waals surface area contributed by atoms with Gasteiger partial charge in [-0.2, -0.15) is 0 Å². The van der Waals surface area contributed by atoms with Crippen LogP contribution in [0, 0.1) is 5.92 Å². The fourth-order valence-corrected chi connectivity index (χ4v) is 3.08. The van der Waals surface area contributed by atoms with E-state index in [4.69, 9.17) is 4.74 Å². The predicted molar refractivity (Wildman–Crippen MR) is 83.6 cm³/mol. The Balaban J connectivity index is 1.90. The lowest BCUT2D eigenvalue weighted by atomic mass is 9.91. The first-order valence-electron chi connectivity index (χ1n) is 7.57. The largest absolute Gasteiger partial charge is 0.495 e. The fourth-order valence-electron chi connectivity index (χ4n) is 3.08. The second-order valence-electron chi connectivity index (χ2n) is 6.07. The van der Waals surface area contributed by atoms with E-state index in [1.807, 2.05) is 26.0 Å². The summed E-state index contributed by atoms with van der Waals surface area (Å²) in [7, 11) is 1.69. The van der Waals surface area contributed by atoms with Gasteiger partial charge in [-0.05, 0) is 30.9 Å². The molecule has 3 rings (SSSR count). The summed E-state index contributed by atoms with van der Waals surface area (Å²) >= 11 is 0. The number of nitrogens with one attached hydrogen (secondary N) is 2. The third-order valence-corrected chi connectivity index (χ3v) is 4.28. The number of aromatic nitrogens is 1. The molecule has 0 bridgehead atoms. The Kier molecular flexibility index (Phi) is 3.62. The van der Waals surface area contributed by atoms with Crippen molar-refractivity contribution in [3.8, 4) is 5.75 Å². The zero-order chi connectivity index (χ0) is 15.0. The molecule has 0 spiro atoms. The van der Waals surface area contributed by atoms with Gasteiger partial charge in [0.1, 0.15) is 5.75 Å². The van der Waals surface area contributed by atoms with Gasteiger partial charge in [-0.15, -0.1) is 0 Å². The van der Waals surface area contributed by atoms with Gasteiger partial charge < -0.3 is 15.0 Å². The molecule has 4 nitrogen and oxygen atoms in total. The van der Waals surface area contributed by atoms with E-state index in [1.54, 1.807) is 7.11 Å². The lowest BCUT2D eigenvalue weighted by molar-refractivity contribution is -0.124. The van der Waals surface area contributed by atoms with E-state index >= 15 is 0 Å². The number of para-hydroxylation sites is 1. The first kappa shape index (κ1) is 14.0. The predicted octanol–water partition coefficient (Wildman–Crippen LogP) is 2.81. The van der Waals surface area contributed by atoms with Gasteiger partial charge in [0.25, 0.3) is 0 Å². The highest BCUT2D eigenvalue weighted by Crippen LogP contribution is 2.33. The molecule has 0 saturated heterocycles. The summed E-state index contributed by atoms with van der Waals surface area (Å²) < 4.78 is 5.43. The number of methoxy groups -OCH3 is 1. The number of rotatable bonds is 3. The molecule has 2 aromatic rings. The number of H-pyrrole nitrogens is 1. The quantitative estimate of drug-likeness (QED) is 0.911. The Morgan fingerprint density at radius 1 is 1.43 bits per heavy atom. The van der Waals surface area contributed by atoms with Gasteiger partial charge in [0.2, 0.25) is 5.91 Å². The van der Waals surface area contributed by atoms with E-state index in [1.165, 1.54) is 16.6 Å². The highest BCUT2D eigenvalue weighted by molar-refractivity contribution is 5.90. The number of carbonyl (C=O) groups excluding carboxylic acids is 1. The Morgan fingerprint density at radius 3 is 2.95 bits per heavy atom. The number of amides is 1. The van der Waals surface area contributed by atoms with Crippen LogP contribution in [0.25, 0.3) is 10.9 Å². The van der Waals surface area contributed by atoms with Crippen LogP contribution in [-0.4, -0.2) is 24.0 Å². The standard InChI is InChI=1S/C17H22N2O2/c1-10(2)17(20)18-11-7-8-14-13(9-11)12-5-4-6-15(21-3)16(12)19-14/h4-6,10-11,19H,7-9H2,1-3H3,(H,18,20)/t11-/m0/s1. The molecule has 1 heterocycles. The van der Waals surface area contributed by atoms with Crippen molar-refractivity contribution in [3.05, 3.63) is 29.5 Å². The van der Waals surface area contributed by atoms with Gasteiger partial charge in [-0.25, -0.2) is 0 Å². The zero-order valence-electron chi connectivity index (χ0n) is 12.8. The van der Waals surface area contributed by atoms with Crippen LogP contribution in [-0.2, 0) is 17.6 Å². The van der Waals surface area contributed by atoms with Crippen LogP contribution in [0.1, 0.15) is 31.5 Å². The minimum atomic E-state index is 0.0365. The highest BCUT2D eigenvalue weighted by Gasteiger charge is 2.25. The lowest BCUT2D eigenvalue weighted by Gasteiger charge is -2.24. The summed E-state index contributed by atoms with van der Waals surface area (Å²) in [6.07, 6.45) is 2.85. The number of benzene rings is 1. The maximum atomic E-state index is 11.9. The topological polar surface area (TPSA) is 54.1 Å². The van der Waals surface area contributed by atoms with Crippen molar-refractivity contribution in [3.63, 3.8) is 0 Å². The van der Waals surface area contributed by atoms with Crippen LogP contribution in [0.15, 0.2) is 18.2 Å². The summed E-state index contributed by atoms with van der Waals surface area (Å²) in [6, 6.07) is 6.35. The minimum Gasteiger partial charge on any atom is -0.495 e.